The summed E-state index contributed by atoms with van der Waals surface area (Å²) in [5.74, 6) is 0.596. The van der Waals surface area contributed by atoms with Crippen molar-refractivity contribution in [2.75, 3.05) is 11.6 Å². The Bertz CT molecular complexity index is 1290. The molecule has 0 atom stereocenters. The van der Waals surface area contributed by atoms with Crippen LogP contribution in [0.3, 0.4) is 0 Å². The van der Waals surface area contributed by atoms with E-state index in [1.54, 1.807) is 17.0 Å². The molecule has 29 heavy (non-hydrogen) atoms. The van der Waals surface area contributed by atoms with Gasteiger partial charge in [-0.25, -0.2) is 4.79 Å². The second kappa shape index (κ2) is 6.27. The number of alkyl halides is 3. The third kappa shape index (κ3) is 2.90. The summed E-state index contributed by atoms with van der Waals surface area (Å²) in [6.45, 7) is 0.529. The Kier molecular flexibility index (Phi) is 3.81. The highest BCUT2D eigenvalue weighted by atomic mass is 19.4. The van der Waals surface area contributed by atoms with E-state index in [1.807, 2.05) is 24.3 Å². The van der Waals surface area contributed by atoms with Gasteiger partial charge in [0, 0.05) is 11.1 Å². The largest absolute Gasteiger partial charge is 0.473 e. The lowest BCUT2D eigenvalue weighted by atomic mass is 10.0. The van der Waals surface area contributed by atoms with Gasteiger partial charge in [-0.1, -0.05) is 18.2 Å². The molecule has 1 aromatic heterocycles. The van der Waals surface area contributed by atoms with Crippen LogP contribution in [0.25, 0.3) is 21.7 Å². The number of anilines is 1. The first-order valence-corrected chi connectivity index (χ1v) is 8.94. The van der Waals surface area contributed by atoms with Crippen LogP contribution in [-0.2, 0) is 12.7 Å². The number of fused-ring (bicyclic) bond motifs is 5. The molecule has 4 nitrogen and oxygen atoms in total. The average Bonchev–Trinajstić information content (AvgIpc) is 2.73. The van der Waals surface area contributed by atoms with Crippen LogP contribution in [0.4, 0.5) is 18.9 Å². The maximum atomic E-state index is 12.8. The number of nitrogens with zero attached hydrogens (tertiary/aromatic N) is 1. The van der Waals surface area contributed by atoms with E-state index in [1.165, 1.54) is 12.1 Å². The van der Waals surface area contributed by atoms with Gasteiger partial charge in [-0.2, -0.15) is 13.2 Å². The second-order valence-corrected chi connectivity index (χ2v) is 6.87. The maximum Gasteiger partial charge on any atom is 0.416 e. The van der Waals surface area contributed by atoms with Gasteiger partial charge < -0.3 is 14.1 Å². The fourth-order valence-corrected chi connectivity index (χ4v) is 3.68. The van der Waals surface area contributed by atoms with Crippen molar-refractivity contribution in [3.05, 3.63) is 82.2 Å². The Morgan fingerprint density at radius 3 is 2.31 bits per heavy atom. The Balaban J connectivity index is 1.60. The minimum atomic E-state index is -4.38. The molecule has 3 aromatic carbocycles. The van der Waals surface area contributed by atoms with Gasteiger partial charge in [0.25, 0.3) is 0 Å². The molecule has 0 radical (unpaired) electrons. The normalized spacial score (nSPS) is 14.1. The average molecular weight is 397 g/mol. The summed E-state index contributed by atoms with van der Waals surface area (Å²) in [6, 6.07) is 15.8. The molecule has 1 aliphatic rings. The maximum absolute atomic E-state index is 12.8. The first kappa shape index (κ1) is 17.6. The van der Waals surface area contributed by atoms with E-state index in [9.17, 15) is 18.0 Å². The quantitative estimate of drug-likeness (QED) is 0.322. The number of hydrogen-bond donors (Lipinski definition) is 0. The highest BCUT2D eigenvalue weighted by Crippen LogP contribution is 2.36. The van der Waals surface area contributed by atoms with Crippen molar-refractivity contribution < 1.29 is 22.3 Å². The Labute approximate surface area is 162 Å². The Morgan fingerprint density at radius 1 is 0.862 bits per heavy atom. The summed E-state index contributed by atoms with van der Waals surface area (Å²) >= 11 is 0. The standard InChI is InChI=1S/C22H14F3NO3/c23-22(24,25)13-5-7-14(8-6-13)26-11-18-19(28-12-26)10-9-16-15-3-1-2-4-17(15)21(27)29-20(16)18/h1-10H,11-12H2. The van der Waals surface area contributed by atoms with Crippen LogP contribution in [0.15, 0.2) is 69.9 Å². The van der Waals surface area contributed by atoms with Crippen molar-refractivity contribution in [2.45, 2.75) is 12.7 Å². The summed E-state index contributed by atoms with van der Waals surface area (Å²) in [5.41, 5.74) is 0.568. The molecule has 4 aromatic rings. The van der Waals surface area contributed by atoms with Gasteiger partial charge in [0.2, 0.25) is 0 Å². The van der Waals surface area contributed by atoms with E-state index in [0.29, 0.717) is 34.5 Å². The molecule has 5 rings (SSSR count). The number of halogens is 3. The lowest BCUT2D eigenvalue weighted by Crippen LogP contribution is -2.32. The van der Waals surface area contributed by atoms with Crippen molar-refractivity contribution in [1.82, 2.24) is 0 Å². The molecule has 2 heterocycles. The molecule has 146 valence electrons. The smallest absolute Gasteiger partial charge is 0.416 e. The van der Waals surface area contributed by atoms with Crippen LogP contribution in [-0.4, -0.2) is 6.73 Å². The molecular weight excluding hydrogens is 383 g/mol. The van der Waals surface area contributed by atoms with E-state index in [-0.39, 0.29) is 6.73 Å². The van der Waals surface area contributed by atoms with Crippen LogP contribution in [0.2, 0.25) is 0 Å². The molecule has 0 fully saturated rings. The van der Waals surface area contributed by atoms with Gasteiger partial charge in [0.15, 0.2) is 6.73 Å². The monoisotopic (exact) mass is 397 g/mol. The van der Waals surface area contributed by atoms with E-state index in [2.05, 4.69) is 0 Å². The number of ether oxygens (including phenoxy) is 1. The number of rotatable bonds is 1. The minimum absolute atomic E-state index is 0.182. The first-order valence-electron chi connectivity index (χ1n) is 8.94. The first-order chi connectivity index (χ1) is 13.9. The minimum Gasteiger partial charge on any atom is -0.473 e. The van der Waals surface area contributed by atoms with Gasteiger partial charge in [-0.05, 0) is 47.9 Å². The summed E-state index contributed by atoms with van der Waals surface area (Å²) in [5, 5.41) is 2.07. The molecule has 0 spiro atoms. The summed E-state index contributed by atoms with van der Waals surface area (Å²) in [6.07, 6.45) is -4.38. The van der Waals surface area contributed by atoms with Crippen LogP contribution in [0.1, 0.15) is 11.1 Å². The van der Waals surface area contributed by atoms with Crippen LogP contribution in [0.5, 0.6) is 5.75 Å². The Hall–Kier alpha value is -3.48. The van der Waals surface area contributed by atoms with E-state index in [0.717, 1.165) is 22.9 Å². The van der Waals surface area contributed by atoms with Gasteiger partial charge in [-0.3, -0.25) is 0 Å². The van der Waals surface area contributed by atoms with E-state index < -0.39 is 17.4 Å². The van der Waals surface area contributed by atoms with Crippen LogP contribution >= 0.6 is 0 Å². The molecule has 0 amide bonds. The summed E-state index contributed by atoms with van der Waals surface area (Å²) in [4.78, 5) is 14.2. The fraction of sp³-hybridized carbons (Fsp3) is 0.136. The molecule has 0 aliphatic carbocycles. The van der Waals surface area contributed by atoms with Gasteiger partial charge in [0.05, 0.1) is 23.1 Å². The van der Waals surface area contributed by atoms with Gasteiger partial charge in [0.1, 0.15) is 11.3 Å². The third-order valence-electron chi connectivity index (χ3n) is 5.13. The van der Waals surface area contributed by atoms with Crippen molar-refractivity contribution in [2.24, 2.45) is 0 Å². The molecule has 0 N–H and O–H groups in total. The highest BCUT2D eigenvalue weighted by molar-refractivity contribution is 6.05. The van der Waals surface area contributed by atoms with Crippen molar-refractivity contribution in [3.63, 3.8) is 0 Å². The predicted molar refractivity (Wildman–Crippen MR) is 103 cm³/mol. The molecule has 7 heteroatoms. The zero-order valence-corrected chi connectivity index (χ0v) is 15.0. The molecule has 0 unspecified atom stereocenters. The SMILES string of the molecule is O=c1oc2c3c(ccc2c2ccccc12)OCN(c1ccc(C(F)(F)F)cc1)C3. The second-order valence-electron chi connectivity index (χ2n) is 6.87. The van der Waals surface area contributed by atoms with Crippen molar-refractivity contribution in [1.29, 1.82) is 0 Å². The van der Waals surface area contributed by atoms with Crippen LogP contribution in [0, 0.1) is 0 Å². The van der Waals surface area contributed by atoms with Gasteiger partial charge in [-0.15, -0.1) is 0 Å². The topological polar surface area (TPSA) is 42.7 Å². The third-order valence-corrected chi connectivity index (χ3v) is 5.13. The van der Waals surface area contributed by atoms with Crippen molar-refractivity contribution in [3.8, 4) is 5.75 Å². The Morgan fingerprint density at radius 2 is 1.59 bits per heavy atom. The lowest BCUT2D eigenvalue weighted by molar-refractivity contribution is -0.137. The summed E-state index contributed by atoms with van der Waals surface area (Å²) < 4.78 is 49.9. The molecule has 0 saturated heterocycles. The highest BCUT2D eigenvalue weighted by Gasteiger charge is 2.30. The molecular formula is C22H14F3NO3. The number of hydrogen-bond acceptors (Lipinski definition) is 4. The van der Waals surface area contributed by atoms with Crippen molar-refractivity contribution >= 4 is 27.4 Å². The molecule has 0 saturated carbocycles. The van der Waals surface area contributed by atoms with E-state index in [4.69, 9.17) is 9.15 Å². The van der Waals surface area contributed by atoms with Gasteiger partial charge >= 0.3 is 11.8 Å². The van der Waals surface area contributed by atoms with Crippen LogP contribution < -0.4 is 15.3 Å². The van der Waals surface area contributed by atoms with E-state index >= 15 is 0 Å². The zero-order chi connectivity index (χ0) is 20.2. The predicted octanol–water partition coefficient (Wildman–Crippen LogP) is 5.32. The fourth-order valence-electron chi connectivity index (χ4n) is 3.68. The molecule has 0 bridgehead atoms. The zero-order valence-electron chi connectivity index (χ0n) is 15.0. The lowest BCUT2D eigenvalue weighted by Gasteiger charge is -2.31. The summed E-state index contributed by atoms with van der Waals surface area (Å²) in [7, 11) is 0. The number of benzene rings is 3. The molecule has 1 aliphatic heterocycles.